The SMILES string of the molecule is C=CC(=O)O.CCc1cccc2c1[nH]c1ccccc12. The van der Waals surface area contributed by atoms with Crippen LogP contribution in [0.4, 0.5) is 0 Å². The van der Waals surface area contributed by atoms with E-state index in [-0.39, 0.29) is 0 Å². The fraction of sp³-hybridized carbons (Fsp3) is 0.118. The quantitative estimate of drug-likeness (QED) is 0.685. The molecule has 0 amide bonds. The Kier molecular flexibility index (Phi) is 4.20. The van der Waals surface area contributed by atoms with Gasteiger partial charge in [-0.3, -0.25) is 0 Å². The number of aryl methyl sites for hydroxylation is 1. The molecule has 0 bridgehead atoms. The summed E-state index contributed by atoms with van der Waals surface area (Å²) in [4.78, 5) is 12.7. The average Bonchev–Trinajstić information content (AvgIpc) is 2.86. The number of aliphatic carboxylic acids is 1. The molecule has 0 atom stereocenters. The number of para-hydroxylation sites is 2. The van der Waals surface area contributed by atoms with Gasteiger partial charge in [0.05, 0.1) is 0 Å². The summed E-state index contributed by atoms with van der Waals surface area (Å²) in [5.41, 5.74) is 3.92. The van der Waals surface area contributed by atoms with E-state index in [0.717, 1.165) is 12.5 Å². The number of carboxylic acid groups (broad SMARTS) is 1. The van der Waals surface area contributed by atoms with Crippen molar-refractivity contribution in [3.8, 4) is 0 Å². The normalized spacial score (nSPS) is 10.1. The number of nitrogens with one attached hydrogen (secondary N) is 1. The number of rotatable bonds is 2. The van der Waals surface area contributed by atoms with E-state index in [1.165, 1.54) is 27.4 Å². The second-order valence-corrected chi connectivity index (χ2v) is 4.41. The van der Waals surface area contributed by atoms with Crippen molar-refractivity contribution in [2.45, 2.75) is 13.3 Å². The van der Waals surface area contributed by atoms with Gasteiger partial charge in [0.25, 0.3) is 0 Å². The molecule has 0 unspecified atom stereocenters. The van der Waals surface area contributed by atoms with E-state index in [9.17, 15) is 4.79 Å². The van der Waals surface area contributed by atoms with Gasteiger partial charge in [0.15, 0.2) is 0 Å². The molecule has 0 saturated heterocycles. The average molecular weight is 267 g/mol. The topological polar surface area (TPSA) is 53.1 Å². The molecule has 2 aromatic carbocycles. The van der Waals surface area contributed by atoms with Crippen LogP contribution in [0.25, 0.3) is 21.8 Å². The fourth-order valence-electron chi connectivity index (χ4n) is 2.23. The van der Waals surface area contributed by atoms with Crippen LogP contribution in [0, 0.1) is 0 Å². The molecule has 0 aliphatic heterocycles. The van der Waals surface area contributed by atoms with Crippen molar-refractivity contribution < 1.29 is 9.90 Å². The maximum Gasteiger partial charge on any atom is 0.327 e. The molecule has 0 spiro atoms. The predicted octanol–water partition coefficient (Wildman–Crippen LogP) is 4.14. The fourth-order valence-corrected chi connectivity index (χ4v) is 2.23. The molecule has 0 radical (unpaired) electrons. The van der Waals surface area contributed by atoms with E-state index in [0.29, 0.717) is 0 Å². The van der Waals surface area contributed by atoms with E-state index in [1.807, 2.05) is 0 Å². The summed E-state index contributed by atoms with van der Waals surface area (Å²) in [5, 5.41) is 10.3. The Bertz CT molecular complexity index is 756. The first-order valence-corrected chi connectivity index (χ1v) is 6.51. The van der Waals surface area contributed by atoms with Gasteiger partial charge in [-0.15, -0.1) is 0 Å². The number of aromatic nitrogens is 1. The first-order valence-electron chi connectivity index (χ1n) is 6.51. The molecule has 1 heterocycles. The highest BCUT2D eigenvalue weighted by Crippen LogP contribution is 2.27. The standard InChI is InChI=1S/C14H13N.C3H4O2/c1-2-10-6-5-8-12-11-7-3-4-9-13(11)15-14(10)12;1-2-3(4)5/h3-9,15H,2H2,1H3;2H,1H2,(H,4,5). The largest absolute Gasteiger partial charge is 0.478 e. The zero-order chi connectivity index (χ0) is 14.5. The zero-order valence-electron chi connectivity index (χ0n) is 11.4. The van der Waals surface area contributed by atoms with Crippen LogP contribution in [0.15, 0.2) is 55.1 Å². The molecule has 0 fully saturated rings. The molecule has 3 nitrogen and oxygen atoms in total. The molecule has 0 aliphatic rings. The Labute approximate surface area is 117 Å². The molecule has 102 valence electrons. The van der Waals surface area contributed by atoms with Crippen LogP contribution in [-0.4, -0.2) is 16.1 Å². The van der Waals surface area contributed by atoms with Gasteiger partial charge in [-0.2, -0.15) is 0 Å². The third-order valence-electron chi connectivity index (χ3n) is 3.18. The summed E-state index contributed by atoms with van der Waals surface area (Å²) in [6.45, 7) is 5.16. The van der Waals surface area contributed by atoms with Gasteiger partial charge < -0.3 is 10.1 Å². The first kappa shape index (κ1) is 13.9. The summed E-state index contributed by atoms with van der Waals surface area (Å²) in [7, 11) is 0. The third-order valence-corrected chi connectivity index (χ3v) is 3.18. The highest BCUT2D eigenvalue weighted by atomic mass is 16.4. The summed E-state index contributed by atoms with van der Waals surface area (Å²) in [6.07, 6.45) is 1.91. The molecular formula is C17H17NO2. The maximum atomic E-state index is 9.25. The van der Waals surface area contributed by atoms with Crippen LogP contribution in [0.1, 0.15) is 12.5 Å². The number of benzene rings is 2. The van der Waals surface area contributed by atoms with E-state index in [1.54, 1.807) is 0 Å². The predicted molar refractivity (Wildman–Crippen MR) is 83.0 cm³/mol. The lowest BCUT2D eigenvalue weighted by Gasteiger charge is -1.97. The number of aromatic amines is 1. The summed E-state index contributed by atoms with van der Waals surface area (Å²) >= 11 is 0. The van der Waals surface area contributed by atoms with E-state index >= 15 is 0 Å². The number of H-pyrrole nitrogens is 1. The van der Waals surface area contributed by atoms with Crippen LogP contribution in [0.3, 0.4) is 0 Å². The number of hydrogen-bond donors (Lipinski definition) is 2. The molecule has 3 aromatic rings. The molecule has 3 rings (SSSR count). The monoisotopic (exact) mass is 267 g/mol. The minimum Gasteiger partial charge on any atom is -0.478 e. The lowest BCUT2D eigenvalue weighted by molar-refractivity contribution is -0.131. The van der Waals surface area contributed by atoms with Crippen LogP contribution >= 0.6 is 0 Å². The molecule has 0 saturated carbocycles. The summed E-state index contributed by atoms with van der Waals surface area (Å²) in [6, 6.07) is 15.0. The molecule has 3 heteroatoms. The van der Waals surface area contributed by atoms with Crippen molar-refractivity contribution in [2.24, 2.45) is 0 Å². The van der Waals surface area contributed by atoms with Gasteiger partial charge in [-0.05, 0) is 18.1 Å². The minimum atomic E-state index is -0.981. The molecule has 0 aliphatic carbocycles. The van der Waals surface area contributed by atoms with Gasteiger partial charge in [-0.1, -0.05) is 49.9 Å². The first-order chi connectivity index (χ1) is 9.67. The van der Waals surface area contributed by atoms with Crippen molar-refractivity contribution >= 4 is 27.8 Å². The van der Waals surface area contributed by atoms with E-state index in [4.69, 9.17) is 5.11 Å². The van der Waals surface area contributed by atoms with Crippen molar-refractivity contribution in [3.05, 3.63) is 60.7 Å². The molecule has 1 aromatic heterocycles. The molecular weight excluding hydrogens is 250 g/mol. The minimum absolute atomic E-state index is 0.833. The lowest BCUT2D eigenvalue weighted by Crippen LogP contribution is -1.82. The van der Waals surface area contributed by atoms with Crippen LogP contribution < -0.4 is 0 Å². The number of carbonyl (C=O) groups is 1. The van der Waals surface area contributed by atoms with Gasteiger partial charge >= 0.3 is 5.97 Å². The Morgan fingerprint density at radius 2 is 1.85 bits per heavy atom. The Hall–Kier alpha value is -2.55. The maximum absolute atomic E-state index is 9.25. The lowest BCUT2D eigenvalue weighted by atomic mass is 10.1. The smallest absolute Gasteiger partial charge is 0.327 e. The van der Waals surface area contributed by atoms with Crippen LogP contribution in [0.2, 0.25) is 0 Å². The Morgan fingerprint density at radius 3 is 2.50 bits per heavy atom. The second-order valence-electron chi connectivity index (χ2n) is 4.41. The molecule has 2 N–H and O–H groups in total. The van der Waals surface area contributed by atoms with Crippen LogP contribution in [0.5, 0.6) is 0 Å². The summed E-state index contributed by atoms with van der Waals surface area (Å²) < 4.78 is 0. The van der Waals surface area contributed by atoms with E-state index < -0.39 is 5.97 Å². The van der Waals surface area contributed by atoms with Gasteiger partial charge in [0.1, 0.15) is 0 Å². The Morgan fingerprint density at radius 1 is 1.20 bits per heavy atom. The number of carboxylic acids is 1. The van der Waals surface area contributed by atoms with Crippen LogP contribution in [-0.2, 0) is 11.2 Å². The highest BCUT2D eigenvalue weighted by Gasteiger charge is 2.05. The van der Waals surface area contributed by atoms with Crippen molar-refractivity contribution in [3.63, 3.8) is 0 Å². The number of hydrogen-bond acceptors (Lipinski definition) is 1. The van der Waals surface area contributed by atoms with Gasteiger partial charge in [-0.25, -0.2) is 4.79 Å². The highest BCUT2D eigenvalue weighted by molar-refractivity contribution is 6.08. The summed E-state index contributed by atoms with van der Waals surface area (Å²) in [5.74, 6) is -0.981. The van der Waals surface area contributed by atoms with Crippen molar-refractivity contribution in [2.75, 3.05) is 0 Å². The van der Waals surface area contributed by atoms with Gasteiger partial charge in [0.2, 0.25) is 0 Å². The number of fused-ring (bicyclic) bond motifs is 3. The van der Waals surface area contributed by atoms with Gasteiger partial charge in [0, 0.05) is 27.9 Å². The van der Waals surface area contributed by atoms with E-state index in [2.05, 4.69) is 61.0 Å². The molecule has 20 heavy (non-hydrogen) atoms. The Balaban J connectivity index is 0.000000257. The zero-order valence-corrected chi connectivity index (χ0v) is 11.4. The van der Waals surface area contributed by atoms with Crippen molar-refractivity contribution in [1.82, 2.24) is 4.98 Å². The van der Waals surface area contributed by atoms with Crippen molar-refractivity contribution in [1.29, 1.82) is 0 Å². The second kappa shape index (κ2) is 6.06. The third kappa shape index (κ3) is 2.72.